The molecule has 0 aromatic rings. The number of carbonyl (C=O) groups is 2. The Morgan fingerprint density at radius 3 is 2.26 bits per heavy atom. The first-order valence-electron chi connectivity index (χ1n) is 5.42. The highest BCUT2D eigenvalue weighted by atomic mass is 33.2. The van der Waals surface area contributed by atoms with Gasteiger partial charge in [0.2, 0.25) is 14.7 Å². The Morgan fingerprint density at radius 1 is 1.21 bits per heavy atom. The van der Waals surface area contributed by atoms with Crippen LogP contribution in [0, 0.1) is 0 Å². The van der Waals surface area contributed by atoms with E-state index in [1.807, 2.05) is 0 Å². The fourth-order valence-electron chi connectivity index (χ4n) is 1.19. The number of hydrogen-bond acceptors (Lipinski definition) is 8. The van der Waals surface area contributed by atoms with Gasteiger partial charge in [0.25, 0.3) is 0 Å². The molecule has 19 heavy (non-hydrogen) atoms. The zero-order valence-electron chi connectivity index (χ0n) is 10.1. The number of aliphatic hydroxyl groups is 2. The molecule has 0 amide bonds. The number of ketones is 1. The van der Waals surface area contributed by atoms with Gasteiger partial charge in [-0.1, -0.05) is 9.62 Å². The van der Waals surface area contributed by atoms with E-state index < -0.39 is 48.5 Å². The molecule has 0 radical (unpaired) electrons. The Labute approximate surface area is 112 Å². The summed E-state index contributed by atoms with van der Waals surface area (Å²) in [6.07, 6.45) is -0.623. The van der Waals surface area contributed by atoms with E-state index in [1.165, 1.54) is 0 Å². The largest absolute Gasteiger partial charge is 0.394 e. The first kappa shape index (κ1) is 18.5. The van der Waals surface area contributed by atoms with Gasteiger partial charge in [-0.25, -0.2) is 8.42 Å². The Hall–Kier alpha value is -0.520. The van der Waals surface area contributed by atoms with Gasteiger partial charge in [0, 0.05) is 0 Å². The van der Waals surface area contributed by atoms with Crippen molar-refractivity contribution < 1.29 is 37.3 Å². The fourth-order valence-corrected chi connectivity index (χ4v) is 4.68. The maximum Gasteiger partial charge on any atom is 0.247 e. The number of aliphatic hydroxyl groups excluding tert-OH is 2. The molecule has 8 nitrogen and oxygen atoms in total. The highest BCUT2D eigenvalue weighted by Gasteiger charge is 2.31. The van der Waals surface area contributed by atoms with Gasteiger partial charge in [0.1, 0.15) is 5.75 Å². The fraction of sp³-hybridized carbons (Fsp3) is 0.778. The summed E-state index contributed by atoms with van der Waals surface area (Å²) in [5.74, 6) is -2.89. The Morgan fingerprint density at radius 2 is 1.79 bits per heavy atom. The minimum atomic E-state index is -4.30. The Balaban J connectivity index is 4.37. The summed E-state index contributed by atoms with van der Waals surface area (Å²) in [5, 5.41) is 17.6. The van der Waals surface area contributed by atoms with Crippen molar-refractivity contribution in [2.45, 2.75) is 25.4 Å². The molecule has 0 aliphatic carbocycles. The normalized spacial score (nSPS) is 14.9. The van der Waals surface area contributed by atoms with Crippen LogP contribution in [-0.4, -0.2) is 64.0 Å². The predicted octanol–water partition coefficient (Wildman–Crippen LogP) is -0.642. The lowest BCUT2D eigenvalue weighted by Crippen LogP contribution is -2.23. The average molecular weight is 318 g/mol. The van der Waals surface area contributed by atoms with Crippen LogP contribution in [0.3, 0.4) is 0 Å². The van der Waals surface area contributed by atoms with Crippen molar-refractivity contribution in [2.75, 3.05) is 18.1 Å². The zero-order chi connectivity index (χ0) is 15.1. The van der Waals surface area contributed by atoms with E-state index in [0.717, 1.165) is 0 Å². The summed E-state index contributed by atoms with van der Waals surface area (Å²) < 4.78 is 41.9. The molecule has 0 aromatic carbocycles. The molecule has 10 heteroatoms. The lowest BCUT2D eigenvalue weighted by atomic mass is 10.2. The summed E-state index contributed by atoms with van der Waals surface area (Å²) in [4.78, 5) is 20.8. The Kier molecular flexibility index (Phi) is 7.71. The minimum absolute atomic E-state index is 0.0462. The first-order valence-corrected chi connectivity index (χ1v) is 9.30. The lowest BCUT2D eigenvalue weighted by molar-refractivity contribution is -0.128. The van der Waals surface area contributed by atoms with Crippen LogP contribution >= 0.6 is 9.62 Å². The SMILES string of the molecule is O=CC(=O)CS(O)(O)S(=O)(=O)CCCCC(O)CO. The second kappa shape index (κ2) is 7.92. The van der Waals surface area contributed by atoms with E-state index in [-0.39, 0.29) is 25.5 Å². The zero-order valence-corrected chi connectivity index (χ0v) is 11.8. The number of unbranched alkanes of at least 4 members (excludes halogenated alkanes) is 1. The molecule has 0 saturated heterocycles. The second-order valence-corrected chi connectivity index (χ2v) is 10.1. The van der Waals surface area contributed by atoms with Crippen LogP contribution in [0.4, 0.5) is 0 Å². The molecule has 1 atom stereocenters. The van der Waals surface area contributed by atoms with Crippen LogP contribution in [0.2, 0.25) is 0 Å². The van der Waals surface area contributed by atoms with Gasteiger partial charge in [-0.2, -0.15) is 0 Å². The summed E-state index contributed by atoms with van der Waals surface area (Å²) in [6, 6.07) is 0. The van der Waals surface area contributed by atoms with Gasteiger partial charge >= 0.3 is 0 Å². The van der Waals surface area contributed by atoms with Crippen molar-refractivity contribution in [1.29, 1.82) is 0 Å². The minimum Gasteiger partial charge on any atom is -0.394 e. The molecule has 0 heterocycles. The molecule has 0 aliphatic rings. The van der Waals surface area contributed by atoms with Crippen LogP contribution in [0.15, 0.2) is 0 Å². The first-order chi connectivity index (χ1) is 8.66. The molecule has 0 aliphatic heterocycles. The van der Waals surface area contributed by atoms with Gasteiger partial charge in [0.15, 0.2) is 6.29 Å². The van der Waals surface area contributed by atoms with Crippen LogP contribution in [-0.2, 0) is 18.5 Å². The molecule has 0 spiro atoms. The quantitative estimate of drug-likeness (QED) is 0.180. The summed E-state index contributed by atoms with van der Waals surface area (Å²) >= 11 is 0. The van der Waals surface area contributed by atoms with Gasteiger partial charge in [-0.3, -0.25) is 18.7 Å². The van der Waals surface area contributed by atoms with E-state index in [0.29, 0.717) is 0 Å². The number of aldehydes is 1. The molecule has 0 saturated carbocycles. The van der Waals surface area contributed by atoms with E-state index >= 15 is 0 Å². The Bertz CT molecular complexity index is 402. The van der Waals surface area contributed by atoms with Gasteiger partial charge < -0.3 is 10.2 Å². The molecular weight excluding hydrogens is 300 g/mol. The van der Waals surface area contributed by atoms with E-state index in [2.05, 4.69) is 0 Å². The van der Waals surface area contributed by atoms with E-state index in [4.69, 9.17) is 10.2 Å². The standard InChI is InChI=1S/C9H18O8S2/c10-5-8(12)3-1-2-4-18(14,15)19(16,17)7-9(13)6-11/h6,8,10,12,16-17H,1-5,7H2. The predicted molar refractivity (Wildman–Crippen MR) is 69.5 cm³/mol. The van der Waals surface area contributed by atoms with Crippen molar-refractivity contribution in [3.8, 4) is 0 Å². The molecule has 4 N–H and O–H groups in total. The molecule has 0 rings (SSSR count). The molecule has 1 unspecified atom stereocenters. The number of rotatable bonds is 10. The average Bonchev–Trinajstić information content (AvgIpc) is 2.33. The number of hydrogen-bond donors (Lipinski definition) is 4. The maximum absolute atomic E-state index is 11.6. The number of Topliss-reactive ketones (excluding diaryl/α,β-unsaturated/α-hetero) is 1. The van der Waals surface area contributed by atoms with Crippen LogP contribution in [0.5, 0.6) is 0 Å². The van der Waals surface area contributed by atoms with Gasteiger partial charge in [0.05, 0.1) is 18.5 Å². The van der Waals surface area contributed by atoms with Crippen molar-refractivity contribution in [3.63, 3.8) is 0 Å². The summed E-state index contributed by atoms with van der Waals surface area (Å²) in [6.45, 7) is -0.435. The second-order valence-electron chi connectivity index (χ2n) is 3.93. The lowest BCUT2D eigenvalue weighted by Gasteiger charge is -2.29. The molecule has 0 bridgehead atoms. The van der Waals surface area contributed by atoms with Crippen molar-refractivity contribution >= 4 is 30.6 Å². The topological polar surface area (TPSA) is 149 Å². The van der Waals surface area contributed by atoms with Crippen molar-refractivity contribution in [1.82, 2.24) is 0 Å². The highest BCUT2D eigenvalue weighted by Crippen LogP contribution is 2.46. The van der Waals surface area contributed by atoms with E-state index in [9.17, 15) is 27.1 Å². The molecule has 0 fully saturated rings. The van der Waals surface area contributed by atoms with Gasteiger partial charge in [-0.15, -0.1) is 0 Å². The third-order valence-electron chi connectivity index (χ3n) is 2.26. The van der Waals surface area contributed by atoms with Gasteiger partial charge in [-0.05, 0) is 19.3 Å². The molecular formula is C9H18O8S2. The van der Waals surface area contributed by atoms with Crippen molar-refractivity contribution in [2.24, 2.45) is 0 Å². The molecule has 114 valence electrons. The van der Waals surface area contributed by atoms with Crippen LogP contribution in [0.1, 0.15) is 19.3 Å². The van der Waals surface area contributed by atoms with E-state index in [1.54, 1.807) is 0 Å². The summed E-state index contributed by atoms with van der Waals surface area (Å²) in [7, 11) is -8.50. The third-order valence-corrected chi connectivity index (χ3v) is 7.82. The van der Waals surface area contributed by atoms with Crippen LogP contribution in [0.25, 0.3) is 0 Å². The number of carbonyl (C=O) groups excluding carboxylic acids is 2. The molecule has 0 aromatic heterocycles. The highest BCUT2D eigenvalue weighted by molar-refractivity contribution is 8.85. The monoisotopic (exact) mass is 318 g/mol. The van der Waals surface area contributed by atoms with Crippen molar-refractivity contribution in [3.05, 3.63) is 0 Å². The van der Waals surface area contributed by atoms with Crippen LogP contribution < -0.4 is 0 Å². The smallest absolute Gasteiger partial charge is 0.247 e. The summed E-state index contributed by atoms with van der Waals surface area (Å²) in [5.41, 5.74) is 0. The maximum atomic E-state index is 11.6. The third kappa shape index (κ3) is 6.45.